The van der Waals surface area contributed by atoms with Gasteiger partial charge in [-0.3, -0.25) is 4.79 Å². The van der Waals surface area contributed by atoms with Gasteiger partial charge in [0, 0.05) is 30.6 Å². The Bertz CT molecular complexity index is 707. The highest BCUT2D eigenvalue weighted by atomic mass is 19.1. The molecule has 0 atom stereocenters. The Morgan fingerprint density at radius 2 is 2.11 bits per heavy atom. The molecule has 0 unspecified atom stereocenters. The second kappa shape index (κ2) is 4.38. The topological polar surface area (TPSA) is 62.4 Å². The molecule has 1 amide bonds. The molecular formula is C13H11FN2O3. The SMILES string of the molecule is O=C(Oc1cc2[nH]c(=O)ccc2cc1F)N1CCC1. The van der Waals surface area contributed by atoms with Crippen molar-refractivity contribution in [3.63, 3.8) is 0 Å². The Balaban J connectivity index is 1.95. The van der Waals surface area contributed by atoms with Crippen LogP contribution in [0.2, 0.25) is 0 Å². The molecule has 0 aliphatic carbocycles. The number of likely N-dealkylation sites (tertiary alicyclic amines) is 1. The fourth-order valence-electron chi connectivity index (χ4n) is 1.89. The number of nitrogens with one attached hydrogen (secondary N) is 1. The molecule has 19 heavy (non-hydrogen) atoms. The lowest BCUT2D eigenvalue weighted by molar-refractivity contribution is 0.123. The number of nitrogens with zero attached hydrogens (tertiary/aromatic N) is 1. The maximum atomic E-state index is 13.8. The average molecular weight is 262 g/mol. The molecule has 3 rings (SSSR count). The van der Waals surface area contributed by atoms with Gasteiger partial charge in [-0.2, -0.15) is 0 Å². The highest BCUT2D eigenvalue weighted by Crippen LogP contribution is 2.24. The first-order valence-corrected chi connectivity index (χ1v) is 5.93. The third-order valence-corrected chi connectivity index (χ3v) is 3.09. The number of fused-ring (bicyclic) bond motifs is 1. The van der Waals surface area contributed by atoms with Gasteiger partial charge in [0.1, 0.15) is 0 Å². The monoisotopic (exact) mass is 262 g/mol. The molecule has 0 saturated carbocycles. The number of rotatable bonds is 1. The average Bonchev–Trinajstić information content (AvgIpc) is 2.28. The molecule has 0 spiro atoms. The van der Waals surface area contributed by atoms with Gasteiger partial charge in [0.25, 0.3) is 0 Å². The number of carbonyl (C=O) groups is 1. The van der Waals surface area contributed by atoms with Gasteiger partial charge in [-0.1, -0.05) is 0 Å². The Morgan fingerprint density at radius 1 is 1.32 bits per heavy atom. The van der Waals surface area contributed by atoms with Crippen molar-refractivity contribution in [2.24, 2.45) is 0 Å². The van der Waals surface area contributed by atoms with Crippen molar-refractivity contribution in [3.05, 3.63) is 40.4 Å². The van der Waals surface area contributed by atoms with Crippen molar-refractivity contribution in [3.8, 4) is 5.75 Å². The van der Waals surface area contributed by atoms with E-state index < -0.39 is 11.9 Å². The van der Waals surface area contributed by atoms with Gasteiger partial charge in [-0.25, -0.2) is 9.18 Å². The first kappa shape index (κ1) is 11.7. The molecule has 1 N–H and O–H groups in total. The van der Waals surface area contributed by atoms with Crippen molar-refractivity contribution in [1.82, 2.24) is 9.88 Å². The van der Waals surface area contributed by atoms with Crippen molar-refractivity contribution in [2.75, 3.05) is 13.1 Å². The van der Waals surface area contributed by atoms with Crippen LogP contribution in [0.1, 0.15) is 6.42 Å². The van der Waals surface area contributed by atoms with Gasteiger partial charge in [0.2, 0.25) is 5.56 Å². The summed E-state index contributed by atoms with van der Waals surface area (Å²) >= 11 is 0. The minimum Gasteiger partial charge on any atom is -0.407 e. The Kier molecular flexibility index (Phi) is 2.70. The summed E-state index contributed by atoms with van der Waals surface area (Å²) < 4.78 is 18.8. The number of amides is 1. The van der Waals surface area contributed by atoms with Crippen LogP contribution >= 0.6 is 0 Å². The summed E-state index contributed by atoms with van der Waals surface area (Å²) in [5, 5.41) is 0.542. The molecule has 5 nitrogen and oxygen atoms in total. The smallest absolute Gasteiger partial charge is 0.407 e. The van der Waals surface area contributed by atoms with Gasteiger partial charge < -0.3 is 14.6 Å². The summed E-state index contributed by atoms with van der Waals surface area (Å²) in [6.07, 6.45) is 0.366. The molecule has 6 heteroatoms. The zero-order valence-corrected chi connectivity index (χ0v) is 9.98. The summed E-state index contributed by atoms with van der Waals surface area (Å²) in [5.41, 5.74) is 0.138. The van der Waals surface area contributed by atoms with Crippen LogP contribution in [0.15, 0.2) is 29.1 Å². The summed E-state index contributed by atoms with van der Waals surface area (Å²) in [5.74, 6) is -0.806. The molecular weight excluding hydrogens is 251 g/mol. The molecule has 1 fully saturated rings. The fourth-order valence-corrected chi connectivity index (χ4v) is 1.89. The second-order valence-electron chi connectivity index (χ2n) is 4.40. The lowest BCUT2D eigenvalue weighted by atomic mass is 10.2. The number of carbonyl (C=O) groups excluding carboxylic acids is 1. The number of H-pyrrole nitrogens is 1. The molecule has 1 aliphatic rings. The summed E-state index contributed by atoms with van der Waals surface area (Å²) in [4.78, 5) is 26.9. The number of aromatic nitrogens is 1. The third kappa shape index (κ3) is 2.16. The van der Waals surface area contributed by atoms with Gasteiger partial charge in [0.15, 0.2) is 11.6 Å². The number of hydrogen-bond donors (Lipinski definition) is 1. The van der Waals surface area contributed by atoms with Crippen LogP contribution < -0.4 is 10.3 Å². The minimum absolute atomic E-state index is 0.175. The lowest BCUT2D eigenvalue weighted by Gasteiger charge is -2.29. The van der Waals surface area contributed by atoms with E-state index in [2.05, 4.69) is 4.98 Å². The zero-order valence-electron chi connectivity index (χ0n) is 9.98. The van der Waals surface area contributed by atoms with Crippen molar-refractivity contribution < 1.29 is 13.9 Å². The predicted molar refractivity (Wildman–Crippen MR) is 66.7 cm³/mol. The van der Waals surface area contributed by atoms with Gasteiger partial charge in [-0.05, 0) is 18.6 Å². The van der Waals surface area contributed by atoms with Crippen LogP contribution in [0, 0.1) is 5.82 Å². The van der Waals surface area contributed by atoms with Gasteiger partial charge in [0.05, 0.1) is 5.52 Å². The molecule has 1 aromatic heterocycles. The molecule has 1 aromatic carbocycles. The van der Waals surface area contributed by atoms with E-state index in [0.717, 1.165) is 6.42 Å². The third-order valence-electron chi connectivity index (χ3n) is 3.09. The van der Waals surface area contributed by atoms with E-state index in [1.807, 2.05) is 0 Å². The fraction of sp³-hybridized carbons (Fsp3) is 0.231. The summed E-state index contributed by atoms with van der Waals surface area (Å²) in [6, 6.07) is 5.37. The number of pyridine rings is 1. The maximum absolute atomic E-state index is 13.8. The Morgan fingerprint density at radius 3 is 2.79 bits per heavy atom. The van der Waals surface area contributed by atoms with Crippen LogP contribution in [0.5, 0.6) is 5.75 Å². The van der Waals surface area contributed by atoms with Crippen LogP contribution in [0.25, 0.3) is 10.9 Å². The van der Waals surface area contributed by atoms with Gasteiger partial charge in [-0.15, -0.1) is 0 Å². The van der Waals surface area contributed by atoms with Crippen LogP contribution in [0.3, 0.4) is 0 Å². The molecule has 98 valence electrons. The molecule has 1 aliphatic heterocycles. The number of ether oxygens (including phenoxy) is 1. The molecule has 1 saturated heterocycles. The standard InChI is InChI=1S/C13H11FN2O3/c14-9-6-8-2-3-12(17)15-10(8)7-11(9)19-13(18)16-4-1-5-16/h2-3,6-7H,1,4-5H2,(H,15,17). The largest absolute Gasteiger partial charge is 0.415 e. The van der Waals surface area contributed by atoms with Gasteiger partial charge >= 0.3 is 6.09 Å². The Hall–Kier alpha value is -2.37. The summed E-state index contributed by atoms with van der Waals surface area (Å²) in [7, 11) is 0. The maximum Gasteiger partial charge on any atom is 0.415 e. The number of halogens is 1. The van der Waals surface area contributed by atoms with E-state index >= 15 is 0 Å². The highest BCUT2D eigenvalue weighted by molar-refractivity contribution is 5.81. The van der Waals surface area contributed by atoms with Crippen LogP contribution in [-0.2, 0) is 0 Å². The van der Waals surface area contributed by atoms with Crippen LogP contribution in [0.4, 0.5) is 9.18 Å². The number of benzene rings is 1. The molecule has 2 aromatic rings. The highest BCUT2D eigenvalue weighted by Gasteiger charge is 2.23. The van der Waals surface area contributed by atoms with Crippen molar-refractivity contribution >= 4 is 17.0 Å². The molecule has 2 heterocycles. The van der Waals surface area contributed by atoms with E-state index in [9.17, 15) is 14.0 Å². The normalized spacial score (nSPS) is 14.3. The minimum atomic E-state index is -0.631. The first-order chi connectivity index (χ1) is 9.13. The number of aromatic amines is 1. The quantitative estimate of drug-likeness (QED) is 0.853. The van der Waals surface area contributed by atoms with Crippen molar-refractivity contribution in [2.45, 2.75) is 6.42 Å². The predicted octanol–water partition coefficient (Wildman–Crippen LogP) is 1.87. The Labute approximate surface area is 107 Å². The molecule has 0 bridgehead atoms. The van der Waals surface area contributed by atoms with E-state index in [-0.39, 0.29) is 11.3 Å². The lowest BCUT2D eigenvalue weighted by Crippen LogP contribution is -2.43. The van der Waals surface area contributed by atoms with E-state index in [1.165, 1.54) is 29.2 Å². The van der Waals surface area contributed by atoms with Crippen molar-refractivity contribution in [1.29, 1.82) is 0 Å². The summed E-state index contributed by atoms with van der Waals surface area (Å²) in [6.45, 7) is 1.26. The molecule has 0 radical (unpaired) electrons. The first-order valence-electron chi connectivity index (χ1n) is 5.93. The van der Waals surface area contributed by atoms with E-state index in [4.69, 9.17) is 4.74 Å². The van der Waals surface area contributed by atoms with E-state index in [1.54, 1.807) is 0 Å². The van der Waals surface area contributed by atoms with E-state index in [0.29, 0.717) is 24.0 Å². The number of hydrogen-bond acceptors (Lipinski definition) is 3. The zero-order chi connectivity index (χ0) is 13.4. The van der Waals surface area contributed by atoms with Crippen LogP contribution in [-0.4, -0.2) is 29.1 Å². The second-order valence-corrected chi connectivity index (χ2v) is 4.40.